The van der Waals surface area contributed by atoms with Crippen LogP contribution in [0.25, 0.3) is 27.8 Å². The Morgan fingerprint density at radius 2 is 1.77 bits per heavy atom. The number of hydrogen-bond donors (Lipinski definition) is 1. The van der Waals surface area contributed by atoms with E-state index in [-0.39, 0.29) is 12.5 Å². The van der Waals surface area contributed by atoms with E-state index in [2.05, 4.69) is 21.2 Å². The number of fused-ring (bicyclic) bond motifs is 1. The third-order valence-corrected chi connectivity index (χ3v) is 7.12. The molecule has 4 aromatic rings. The van der Waals surface area contributed by atoms with Crippen LogP contribution in [0.5, 0.6) is 0 Å². The molecule has 1 aliphatic heterocycles. The first-order chi connectivity index (χ1) is 19.0. The number of aromatic nitrogens is 5. The highest BCUT2D eigenvalue weighted by Crippen LogP contribution is 2.32. The fraction of sp³-hybridized carbons (Fsp3) is 0.357. The van der Waals surface area contributed by atoms with Gasteiger partial charge in [-0.05, 0) is 39.0 Å². The average molecular weight is 542 g/mol. The highest BCUT2D eigenvalue weighted by Gasteiger charge is 2.31. The van der Waals surface area contributed by atoms with Crippen molar-refractivity contribution in [2.24, 2.45) is 7.05 Å². The third kappa shape index (κ3) is 5.18. The summed E-state index contributed by atoms with van der Waals surface area (Å²) in [6, 6.07) is 8.17. The molecule has 0 saturated carbocycles. The van der Waals surface area contributed by atoms with Crippen molar-refractivity contribution in [1.29, 1.82) is 5.26 Å². The Morgan fingerprint density at radius 1 is 1.02 bits per heavy atom. The number of pyridine rings is 2. The highest BCUT2D eigenvalue weighted by atomic mass is 16.4. The van der Waals surface area contributed by atoms with E-state index >= 15 is 0 Å². The fourth-order valence-electron chi connectivity index (χ4n) is 4.90. The number of carbonyl (C=O) groups is 2. The summed E-state index contributed by atoms with van der Waals surface area (Å²) in [6.07, 6.45) is 7.84. The van der Waals surface area contributed by atoms with Crippen LogP contribution in [-0.4, -0.2) is 89.5 Å². The predicted octanol–water partition coefficient (Wildman–Crippen LogP) is 3.10. The molecule has 12 nitrogen and oxygen atoms in total. The van der Waals surface area contributed by atoms with E-state index in [1.165, 1.54) is 4.90 Å². The second kappa shape index (κ2) is 10.3. The highest BCUT2D eigenvalue weighted by molar-refractivity contribution is 5.87. The third-order valence-electron chi connectivity index (χ3n) is 7.12. The summed E-state index contributed by atoms with van der Waals surface area (Å²) >= 11 is 0. The second-order valence-electron chi connectivity index (χ2n) is 10.8. The minimum atomic E-state index is -1.11. The van der Waals surface area contributed by atoms with Crippen LogP contribution in [-0.2, 0) is 11.8 Å². The summed E-state index contributed by atoms with van der Waals surface area (Å²) in [4.78, 5) is 34.1. The van der Waals surface area contributed by atoms with Crippen molar-refractivity contribution in [1.82, 2.24) is 34.2 Å². The molecule has 2 amide bonds. The van der Waals surface area contributed by atoms with Gasteiger partial charge in [0.15, 0.2) is 0 Å². The van der Waals surface area contributed by atoms with Gasteiger partial charge in [-0.1, -0.05) is 0 Å². The summed E-state index contributed by atoms with van der Waals surface area (Å²) in [5.74, 6) is 0.582. The second-order valence-corrected chi connectivity index (χ2v) is 10.8. The molecule has 206 valence electrons. The molecule has 0 unspecified atom stereocenters. The number of hydrogen-bond acceptors (Lipinski definition) is 7. The Labute approximate surface area is 231 Å². The molecule has 0 spiro atoms. The van der Waals surface area contributed by atoms with Crippen LogP contribution in [0, 0.1) is 11.3 Å². The Bertz CT molecular complexity index is 1600. The molecule has 1 saturated heterocycles. The molecule has 40 heavy (non-hydrogen) atoms. The maximum atomic E-state index is 12.8. The maximum Gasteiger partial charge on any atom is 0.408 e. The Balaban J connectivity index is 1.33. The Morgan fingerprint density at radius 3 is 2.35 bits per heavy atom. The normalized spacial score (nSPS) is 13.9. The van der Waals surface area contributed by atoms with Gasteiger partial charge in [-0.2, -0.15) is 15.5 Å². The SMILES string of the molecule is Cn1cc(-c2cc(-c3ccc(N4CCN(C(=O)CN(C(=O)O)C(C)(C)C)CC4)nc3)c3c(C#N)cnn3c2)cn1. The maximum absolute atomic E-state index is 12.8. The lowest BCUT2D eigenvalue weighted by Gasteiger charge is -2.38. The average Bonchev–Trinajstić information content (AvgIpc) is 3.56. The van der Waals surface area contributed by atoms with Gasteiger partial charge in [-0.25, -0.2) is 14.3 Å². The number of rotatable bonds is 5. The van der Waals surface area contributed by atoms with Crippen LogP contribution in [0.4, 0.5) is 10.6 Å². The van der Waals surface area contributed by atoms with E-state index in [1.54, 1.807) is 53.5 Å². The lowest BCUT2D eigenvalue weighted by atomic mass is 10.0. The molecular weight excluding hydrogens is 510 g/mol. The van der Waals surface area contributed by atoms with Crippen molar-refractivity contribution in [2.75, 3.05) is 37.6 Å². The molecule has 5 rings (SSSR count). The van der Waals surface area contributed by atoms with Crippen molar-refractivity contribution < 1.29 is 14.7 Å². The van der Waals surface area contributed by atoms with Gasteiger partial charge in [0, 0.05) is 79.6 Å². The first kappa shape index (κ1) is 26.7. The number of carbonyl (C=O) groups excluding carboxylic acids is 1. The molecule has 1 fully saturated rings. The smallest absolute Gasteiger partial charge is 0.408 e. The van der Waals surface area contributed by atoms with Crippen molar-refractivity contribution in [2.45, 2.75) is 26.3 Å². The molecule has 12 heteroatoms. The van der Waals surface area contributed by atoms with E-state index in [9.17, 15) is 20.0 Å². The van der Waals surface area contributed by atoms with Gasteiger partial charge < -0.3 is 14.9 Å². The summed E-state index contributed by atoms with van der Waals surface area (Å²) in [5, 5.41) is 27.9. The number of anilines is 1. The lowest BCUT2D eigenvalue weighted by molar-refractivity contribution is -0.133. The van der Waals surface area contributed by atoms with Gasteiger partial charge in [0.1, 0.15) is 18.4 Å². The first-order valence-electron chi connectivity index (χ1n) is 13.0. The van der Waals surface area contributed by atoms with Crippen LogP contribution in [0.1, 0.15) is 26.3 Å². The number of amides is 2. The molecule has 0 bridgehead atoms. The van der Waals surface area contributed by atoms with E-state index in [1.807, 2.05) is 37.6 Å². The molecule has 0 atom stereocenters. The predicted molar refractivity (Wildman–Crippen MR) is 149 cm³/mol. The molecule has 4 aromatic heterocycles. The van der Waals surface area contributed by atoms with Gasteiger partial charge in [0.2, 0.25) is 5.91 Å². The molecule has 0 radical (unpaired) electrons. The van der Waals surface area contributed by atoms with E-state index < -0.39 is 11.6 Å². The summed E-state index contributed by atoms with van der Waals surface area (Å²) < 4.78 is 3.45. The first-order valence-corrected chi connectivity index (χ1v) is 13.0. The van der Waals surface area contributed by atoms with Gasteiger partial charge in [-0.15, -0.1) is 0 Å². The van der Waals surface area contributed by atoms with Gasteiger partial charge in [-0.3, -0.25) is 14.4 Å². The van der Waals surface area contributed by atoms with Crippen LogP contribution < -0.4 is 4.90 Å². The monoisotopic (exact) mass is 541 g/mol. The zero-order chi connectivity index (χ0) is 28.6. The summed E-state index contributed by atoms with van der Waals surface area (Å²) in [6.45, 7) is 7.29. The van der Waals surface area contributed by atoms with E-state index in [0.717, 1.165) is 28.1 Å². The molecule has 1 N–H and O–H groups in total. The topological polar surface area (TPSA) is 136 Å². The molecule has 0 aliphatic carbocycles. The standard InChI is InChI=1S/C28H31N9O3/c1-28(2,3)36(27(39)40)18-25(38)35-9-7-34(8-10-35)24-6-5-19(13-30-24)23-11-20(22-15-31-33(4)16-22)17-37-26(23)21(12-29)14-32-37/h5-6,11,13-17H,7-10,18H2,1-4H3,(H,39,40). The zero-order valence-corrected chi connectivity index (χ0v) is 22.9. The number of aryl methyl sites for hydroxylation is 1. The van der Waals surface area contributed by atoms with Crippen LogP contribution >= 0.6 is 0 Å². The molecule has 0 aromatic carbocycles. The van der Waals surface area contributed by atoms with Crippen molar-refractivity contribution >= 4 is 23.3 Å². The minimum Gasteiger partial charge on any atom is -0.465 e. The van der Waals surface area contributed by atoms with Crippen LogP contribution in [0.2, 0.25) is 0 Å². The van der Waals surface area contributed by atoms with E-state index in [0.29, 0.717) is 37.3 Å². The minimum absolute atomic E-state index is 0.169. The number of carboxylic acid groups (broad SMARTS) is 1. The number of nitrogens with zero attached hydrogens (tertiary/aromatic N) is 9. The van der Waals surface area contributed by atoms with Crippen molar-refractivity contribution in [3.05, 3.63) is 54.7 Å². The number of piperazine rings is 1. The summed E-state index contributed by atoms with van der Waals surface area (Å²) in [5.41, 5.74) is 4.07. The fourth-order valence-corrected chi connectivity index (χ4v) is 4.90. The molecular formula is C28H31N9O3. The molecule has 5 heterocycles. The van der Waals surface area contributed by atoms with Gasteiger partial charge >= 0.3 is 6.09 Å². The largest absolute Gasteiger partial charge is 0.465 e. The number of nitriles is 1. The zero-order valence-electron chi connectivity index (χ0n) is 22.9. The van der Waals surface area contributed by atoms with Gasteiger partial charge in [0.05, 0.1) is 23.5 Å². The lowest BCUT2D eigenvalue weighted by Crippen LogP contribution is -2.54. The quantitative estimate of drug-likeness (QED) is 0.407. The van der Waals surface area contributed by atoms with Crippen molar-refractivity contribution in [3.8, 4) is 28.3 Å². The molecule has 1 aliphatic rings. The Hall–Kier alpha value is -4.92. The van der Waals surface area contributed by atoms with Crippen LogP contribution in [0.15, 0.2) is 49.2 Å². The summed E-state index contributed by atoms with van der Waals surface area (Å²) in [7, 11) is 1.86. The van der Waals surface area contributed by atoms with E-state index in [4.69, 9.17) is 4.98 Å². The Kier molecular flexibility index (Phi) is 6.89. The van der Waals surface area contributed by atoms with Gasteiger partial charge in [0.25, 0.3) is 0 Å². The van der Waals surface area contributed by atoms with Crippen molar-refractivity contribution in [3.63, 3.8) is 0 Å². The van der Waals surface area contributed by atoms with Crippen LogP contribution in [0.3, 0.4) is 0 Å².